The molecule has 0 N–H and O–H groups in total. The van der Waals surface area contributed by atoms with Gasteiger partial charge in [-0.3, -0.25) is 9.69 Å². The lowest BCUT2D eigenvalue weighted by Crippen LogP contribution is -2.35. The van der Waals surface area contributed by atoms with E-state index in [2.05, 4.69) is 4.90 Å². The van der Waals surface area contributed by atoms with Gasteiger partial charge in [-0.1, -0.05) is 0 Å². The van der Waals surface area contributed by atoms with Gasteiger partial charge < -0.3 is 18.5 Å². The van der Waals surface area contributed by atoms with Gasteiger partial charge in [0.1, 0.15) is 17.8 Å². The van der Waals surface area contributed by atoms with Gasteiger partial charge in [-0.05, 0) is 31.0 Å². The lowest BCUT2D eigenvalue weighted by Gasteiger charge is -2.25. The number of nitrogens with zero attached hydrogens (tertiary/aromatic N) is 2. The number of carbonyl (C=O) groups excluding carboxylic acids is 1. The van der Waals surface area contributed by atoms with E-state index >= 15 is 0 Å². The quantitative estimate of drug-likeness (QED) is 0.862. The number of amides is 1. The van der Waals surface area contributed by atoms with Crippen molar-refractivity contribution < 1.29 is 18.4 Å². The van der Waals surface area contributed by atoms with Crippen LogP contribution in [-0.4, -0.2) is 48.6 Å². The minimum atomic E-state index is 0.0193. The van der Waals surface area contributed by atoms with Gasteiger partial charge in [-0.2, -0.15) is 0 Å². The number of ether oxygens (including phenoxy) is 1. The predicted octanol–water partition coefficient (Wildman–Crippen LogP) is 2.68. The Hall–Kier alpha value is -2.05. The van der Waals surface area contributed by atoms with Crippen LogP contribution in [0.25, 0.3) is 0 Å². The van der Waals surface area contributed by atoms with Crippen molar-refractivity contribution in [3.8, 4) is 0 Å². The summed E-state index contributed by atoms with van der Waals surface area (Å²) in [5, 5.41) is 0. The number of morpholine rings is 1. The molecule has 4 rings (SSSR count). The van der Waals surface area contributed by atoms with Crippen molar-refractivity contribution in [2.24, 2.45) is 0 Å². The summed E-state index contributed by atoms with van der Waals surface area (Å²) < 4.78 is 16.5. The molecular formula is C18H22N2O4. The summed E-state index contributed by atoms with van der Waals surface area (Å²) in [4.78, 5) is 17.0. The first kappa shape index (κ1) is 15.5. The fourth-order valence-electron chi connectivity index (χ4n) is 3.51. The molecule has 0 aliphatic carbocycles. The summed E-state index contributed by atoms with van der Waals surface area (Å²) in [6, 6.07) is 5.71. The van der Waals surface area contributed by atoms with Crippen LogP contribution in [0.5, 0.6) is 0 Å². The van der Waals surface area contributed by atoms with E-state index < -0.39 is 0 Å². The van der Waals surface area contributed by atoms with Gasteiger partial charge >= 0.3 is 0 Å². The van der Waals surface area contributed by atoms with E-state index in [1.54, 1.807) is 12.5 Å². The maximum Gasteiger partial charge on any atom is 0.257 e. The number of likely N-dealkylation sites (tertiary alicyclic amines) is 1. The fourth-order valence-corrected chi connectivity index (χ4v) is 3.51. The van der Waals surface area contributed by atoms with Crippen molar-refractivity contribution in [2.45, 2.75) is 25.4 Å². The van der Waals surface area contributed by atoms with Crippen LogP contribution in [-0.2, 0) is 11.3 Å². The van der Waals surface area contributed by atoms with Gasteiger partial charge in [0.25, 0.3) is 5.91 Å². The molecule has 1 atom stereocenters. The van der Waals surface area contributed by atoms with Crippen LogP contribution >= 0.6 is 0 Å². The Balaban J connectivity index is 1.44. The topological polar surface area (TPSA) is 59.1 Å². The number of rotatable bonds is 4. The lowest BCUT2D eigenvalue weighted by atomic mass is 10.1. The summed E-state index contributed by atoms with van der Waals surface area (Å²) in [5.74, 6) is 1.71. The lowest BCUT2D eigenvalue weighted by molar-refractivity contribution is 0.0313. The van der Waals surface area contributed by atoms with Crippen LogP contribution in [0.2, 0.25) is 0 Å². The normalized spacial score (nSPS) is 22.2. The van der Waals surface area contributed by atoms with Crippen LogP contribution in [0.15, 0.2) is 39.6 Å². The average molecular weight is 330 g/mol. The monoisotopic (exact) mass is 330 g/mol. The number of carbonyl (C=O) groups is 1. The van der Waals surface area contributed by atoms with Crippen LogP contribution in [0.3, 0.4) is 0 Å². The molecule has 2 fully saturated rings. The average Bonchev–Trinajstić information content (AvgIpc) is 3.35. The Morgan fingerprint density at radius 3 is 2.88 bits per heavy atom. The second-order valence-corrected chi connectivity index (χ2v) is 6.36. The first-order chi connectivity index (χ1) is 11.8. The Morgan fingerprint density at radius 2 is 2.08 bits per heavy atom. The molecule has 2 aliphatic heterocycles. The third-order valence-electron chi connectivity index (χ3n) is 4.77. The molecule has 2 aromatic heterocycles. The zero-order chi connectivity index (χ0) is 16.4. The fraction of sp³-hybridized carbons (Fsp3) is 0.500. The zero-order valence-electron chi connectivity index (χ0n) is 13.6. The van der Waals surface area contributed by atoms with E-state index in [9.17, 15) is 4.79 Å². The Kier molecular flexibility index (Phi) is 4.40. The second kappa shape index (κ2) is 6.83. The molecule has 4 heterocycles. The SMILES string of the molecule is O=C(c1coc(CN2CCOCC2)c1)N1CCC[C@H]1c1ccco1. The molecule has 2 aromatic rings. The number of furan rings is 2. The molecule has 2 saturated heterocycles. The van der Waals surface area contributed by atoms with Crippen molar-refractivity contribution in [3.63, 3.8) is 0 Å². The molecule has 6 nitrogen and oxygen atoms in total. The highest BCUT2D eigenvalue weighted by molar-refractivity contribution is 5.94. The van der Waals surface area contributed by atoms with E-state index in [1.165, 1.54) is 0 Å². The predicted molar refractivity (Wildman–Crippen MR) is 86.5 cm³/mol. The summed E-state index contributed by atoms with van der Waals surface area (Å²) >= 11 is 0. The van der Waals surface area contributed by atoms with Crippen LogP contribution in [0.1, 0.15) is 40.8 Å². The maximum atomic E-state index is 12.8. The second-order valence-electron chi connectivity index (χ2n) is 6.36. The minimum Gasteiger partial charge on any atom is -0.467 e. The molecular weight excluding hydrogens is 308 g/mol. The van der Waals surface area contributed by atoms with Gasteiger partial charge in [0.05, 0.1) is 37.6 Å². The van der Waals surface area contributed by atoms with E-state index in [0.29, 0.717) is 5.56 Å². The summed E-state index contributed by atoms with van der Waals surface area (Å²) in [6.07, 6.45) is 5.18. The molecule has 1 amide bonds. The molecule has 0 aromatic carbocycles. The third-order valence-corrected chi connectivity index (χ3v) is 4.77. The van der Waals surface area contributed by atoms with Crippen molar-refractivity contribution in [1.29, 1.82) is 0 Å². The Labute approximate surface area is 141 Å². The molecule has 0 bridgehead atoms. The maximum absolute atomic E-state index is 12.8. The highest BCUT2D eigenvalue weighted by atomic mass is 16.5. The van der Waals surface area contributed by atoms with E-state index in [1.807, 2.05) is 23.1 Å². The van der Waals surface area contributed by atoms with Crippen molar-refractivity contribution in [1.82, 2.24) is 9.80 Å². The smallest absolute Gasteiger partial charge is 0.257 e. The highest BCUT2D eigenvalue weighted by Gasteiger charge is 2.33. The van der Waals surface area contributed by atoms with Crippen LogP contribution < -0.4 is 0 Å². The van der Waals surface area contributed by atoms with Crippen molar-refractivity contribution >= 4 is 5.91 Å². The van der Waals surface area contributed by atoms with Crippen LogP contribution in [0.4, 0.5) is 0 Å². The Morgan fingerprint density at radius 1 is 1.21 bits per heavy atom. The molecule has 24 heavy (non-hydrogen) atoms. The molecule has 2 aliphatic rings. The first-order valence-electron chi connectivity index (χ1n) is 8.53. The van der Waals surface area contributed by atoms with Gasteiger partial charge in [0, 0.05) is 19.6 Å². The van der Waals surface area contributed by atoms with Crippen molar-refractivity contribution in [2.75, 3.05) is 32.8 Å². The zero-order valence-corrected chi connectivity index (χ0v) is 13.6. The molecule has 0 unspecified atom stereocenters. The molecule has 128 valence electrons. The molecule has 0 saturated carbocycles. The standard InChI is InChI=1S/C18H22N2O4/c21-18(20-5-1-3-16(20)17-4-2-8-23-17)14-11-15(24-13-14)12-19-6-9-22-10-7-19/h2,4,8,11,13,16H,1,3,5-7,9-10,12H2/t16-/m0/s1. The van der Waals surface area contributed by atoms with Gasteiger partial charge in [0.15, 0.2) is 0 Å². The van der Waals surface area contributed by atoms with E-state index in [0.717, 1.165) is 63.8 Å². The van der Waals surface area contributed by atoms with E-state index in [-0.39, 0.29) is 11.9 Å². The van der Waals surface area contributed by atoms with Crippen LogP contribution in [0, 0.1) is 0 Å². The number of hydrogen-bond donors (Lipinski definition) is 0. The largest absolute Gasteiger partial charge is 0.467 e. The third kappa shape index (κ3) is 3.12. The van der Waals surface area contributed by atoms with Gasteiger partial charge in [-0.15, -0.1) is 0 Å². The molecule has 0 radical (unpaired) electrons. The summed E-state index contributed by atoms with van der Waals surface area (Å²) in [7, 11) is 0. The Bertz CT molecular complexity index is 673. The summed E-state index contributed by atoms with van der Waals surface area (Å²) in [5.41, 5.74) is 0.622. The minimum absolute atomic E-state index is 0.0193. The molecule has 0 spiro atoms. The number of hydrogen-bond acceptors (Lipinski definition) is 5. The van der Waals surface area contributed by atoms with E-state index in [4.69, 9.17) is 13.6 Å². The van der Waals surface area contributed by atoms with Crippen molar-refractivity contribution in [3.05, 3.63) is 47.8 Å². The van der Waals surface area contributed by atoms with Gasteiger partial charge in [0.2, 0.25) is 0 Å². The molecule has 6 heteroatoms. The highest BCUT2D eigenvalue weighted by Crippen LogP contribution is 2.33. The van der Waals surface area contributed by atoms with Gasteiger partial charge in [-0.25, -0.2) is 0 Å². The first-order valence-corrected chi connectivity index (χ1v) is 8.53. The summed E-state index contributed by atoms with van der Waals surface area (Å²) in [6.45, 7) is 4.79.